The number of methoxy groups -OCH3 is 1. The molecule has 0 aromatic heterocycles. The third-order valence-corrected chi connectivity index (χ3v) is 4.24. The first kappa shape index (κ1) is 14.4. The molecule has 0 heterocycles. The van der Waals surface area contributed by atoms with Gasteiger partial charge in [0.05, 0.1) is 7.11 Å². The molecule has 19 heavy (non-hydrogen) atoms. The zero-order valence-electron chi connectivity index (χ0n) is 12.5. The van der Waals surface area contributed by atoms with Crippen molar-refractivity contribution in [3.05, 3.63) is 29.8 Å². The number of benzene rings is 1. The number of unbranched alkanes of at least 4 members (excludes halogenated alkanes) is 1. The van der Waals surface area contributed by atoms with Gasteiger partial charge in [0.15, 0.2) is 0 Å². The summed E-state index contributed by atoms with van der Waals surface area (Å²) in [6.45, 7) is 4.58. The van der Waals surface area contributed by atoms with Crippen molar-refractivity contribution in [3.8, 4) is 5.75 Å². The van der Waals surface area contributed by atoms with E-state index in [0.717, 1.165) is 17.7 Å². The highest BCUT2D eigenvalue weighted by atomic mass is 16.5. The molecule has 0 bridgehead atoms. The SMILES string of the molecule is CCCCC(C)NC1CC(c2ccc(OC)cc2)C1. The Balaban J connectivity index is 1.73. The zero-order chi connectivity index (χ0) is 13.7. The topological polar surface area (TPSA) is 21.3 Å². The van der Waals surface area contributed by atoms with Crippen LogP contribution >= 0.6 is 0 Å². The maximum atomic E-state index is 5.20. The first-order valence-electron chi connectivity index (χ1n) is 7.63. The largest absolute Gasteiger partial charge is 0.497 e. The van der Waals surface area contributed by atoms with Gasteiger partial charge in [-0.2, -0.15) is 0 Å². The van der Waals surface area contributed by atoms with E-state index in [0.29, 0.717) is 6.04 Å². The van der Waals surface area contributed by atoms with Crippen LogP contribution in [0.3, 0.4) is 0 Å². The van der Waals surface area contributed by atoms with Gasteiger partial charge in [-0.15, -0.1) is 0 Å². The third-order valence-electron chi connectivity index (χ3n) is 4.24. The van der Waals surface area contributed by atoms with Gasteiger partial charge < -0.3 is 10.1 Å². The molecule has 1 atom stereocenters. The highest BCUT2D eigenvalue weighted by molar-refractivity contribution is 5.30. The average molecular weight is 261 g/mol. The number of hydrogen-bond acceptors (Lipinski definition) is 2. The van der Waals surface area contributed by atoms with Gasteiger partial charge in [-0.05, 0) is 49.8 Å². The highest BCUT2D eigenvalue weighted by Crippen LogP contribution is 2.37. The van der Waals surface area contributed by atoms with Gasteiger partial charge in [-0.3, -0.25) is 0 Å². The molecule has 2 heteroatoms. The molecule has 2 rings (SSSR count). The Bertz CT molecular complexity index is 367. The van der Waals surface area contributed by atoms with Crippen LogP contribution in [0.25, 0.3) is 0 Å². The molecule has 0 saturated heterocycles. The molecule has 2 nitrogen and oxygen atoms in total. The van der Waals surface area contributed by atoms with Crippen LogP contribution in [0.1, 0.15) is 57.4 Å². The van der Waals surface area contributed by atoms with Crippen molar-refractivity contribution >= 4 is 0 Å². The monoisotopic (exact) mass is 261 g/mol. The van der Waals surface area contributed by atoms with E-state index in [1.54, 1.807) is 7.11 Å². The van der Waals surface area contributed by atoms with Crippen LogP contribution in [-0.4, -0.2) is 19.2 Å². The van der Waals surface area contributed by atoms with E-state index >= 15 is 0 Å². The standard InChI is InChI=1S/C17H27NO/c1-4-5-6-13(2)18-16-11-15(12-16)14-7-9-17(19-3)10-8-14/h7-10,13,15-16,18H,4-6,11-12H2,1-3H3. The summed E-state index contributed by atoms with van der Waals surface area (Å²) < 4.78 is 5.20. The van der Waals surface area contributed by atoms with E-state index in [4.69, 9.17) is 4.74 Å². The van der Waals surface area contributed by atoms with Crippen LogP contribution in [-0.2, 0) is 0 Å². The Labute approximate surface area is 117 Å². The maximum Gasteiger partial charge on any atom is 0.118 e. The predicted molar refractivity (Wildman–Crippen MR) is 80.9 cm³/mol. The molecule has 1 aromatic rings. The average Bonchev–Trinajstić information content (AvgIpc) is 2.40. The number of ether oxygens (including phenoxy) is 1. The molecular weight excluding hydrogens is 234 g/mol. The molecule has 0 spiro atoms. The molecule has 1 fully saturated rings. The van der Waals surface area contributed by atoms with E-state index in [1.165, 1.54) is 37.7 Å². The van der Waals surface area contributed by atoms with Gasteiger partial charge in [-0.1, -0.05) is 31.9 Å². The Morgan fingerprint density at radius 3 is 2.53 bits per heavy atom. The van der Waals surface area contributed by atoms with Crippen molar-refractivity contribution in [1.82, 2.24) is 5.32 Å². The van der Waals surface area contributed by atoms with Gasteiger partial charge in [0, 0.05) is 12.1 Å². The van der Waals surface area contributed by atoms with Crippen LogP contribution in [0, 0.1) is 0 Å². The van der Waals surface area contributed by atoms with Crippen LogP contribution in [0.5, 0.6) is 5.75 Å². The summed E-state index contributed by atoms with van der Waals surface area (Å²) in [4.78, 5) is 0. The molecular formula is C17H27NO. The molecule has 1 unspecified atom stereocenters. The summed E-state index contributed by atoms with van der Waals surface area (Å²) in [5, 5.41) is 3.75. The lowest BCUT2D eigenvalue weighted by molar-refractivity contribution is 0.263. The van der Waals surface area contributed by atoms with Crippen LogP contribution in [0.4, 0.5) is 0 Å². The minimum Gasteiger partial charge on any atom is -0.497 e. The smallest absolute Gasteiger partial charge is 0.118 e. The van der Waals surface area contributed by atoms with Crippen molar-refractivity contribution < 1.29 is 4.74 Å². The second kappa shape index (κ2) is 6.95. The molecule has 0 amide bonds. The summed E-state index contributed by atoms with van der Waals surface area (Å²) in [6.07, 6.45) is 6.50. The summed E-state index contributed by atoms with van der Waals surface area (Å²) in [5.74, 6) is 1.69. The molecule has 0 aliphatic heterocycles. The zero-order valence-corrected chi connectivity index (χ0v) is 12.5. The van der Waals surface area contributed by atoms with E-state index in [-0.39, 0.29) is 0 Å². The third kappa shape index (κ3) is 3.97. The van der Waals surface area contributed by atoms with Crippen LogP contribution in [0.15, 0.2) is 24.3 Å². The lowest BCUT2D eigenvalue weighted by Crippen LogP contribution is -2.44. The summed E-state index contributed by atoms with van der Waals surface area (Å²) in [5.41, 5.74) is 1.46. The Morgan fingerprint density at radius 1 is 1.26 bits per heavy atom. The minimum atomic E-state index is 0.668. The Morgan fingerprint density at radius 2 is 1.95 bits per heavy atom. The molecule has 1 aromatic carbocycles. The molecule has 1 aliphatic carbocycles. The van der Waals surface area contributed by atoms with Crippen molar-refractivity contribution in [2.45, 2.75) is 64.0 Å². The molecule has 1 N–H and O–H groups in total. The fourth-order valence-corrected chi connectivity index (χ4v) is 2.90. The number of rotatable bonds is 7. The molecule has 1 saturated carbocycles. The molecule has 0 radical (unpaired) electrons. The first-order valence-corrected chi connectivity index (χ1v) is 7.63. The van der Waals surface area contributed by atoms with E-state index < -0.39 is 0 Å². The van der Waals surface area contributed by atoms with Gasteiger partial charge in [0.25, 0.3) is 0 Å². The number of hydrogen-bond donors (Lipinski definition) is 1. The summed E-state index contributed by atoms with van der Waals surface area (Å²) in [7, 11) is 1.72. The predicted octanol–water partition coefficient (Wildman–Crippen LogP) is 4.11. The van der Waals surface area contributed by atoms with E-state index in [2.05, 4.69) is 43.4 Å². The fraction of sp³-hybridized carbons (Fsp3) is 0.647. The Hall–Kier alpha value is -1.02. The quantitative estimate of drug-likeness (QED) is 0.797. The van der Waals surface area contributed by atoms with Crippen molar-refractivity contribution in [2.24, 2.45) is 0 Å². The van der Waals surface area contributed by atoms with E-state index in [1.807, 2.05) is 0 Å². The molecule has 106 valence electrons. The second-order valence-electron chi connectivity index (χ2n) is 5.85. The second-order valence-corrected chi connectivity index (χ2v) is 5.85. The lowest BCUT2D eigenvalue weighted by atomic mass is 9.75. The minimum absolute atomic E-state index is 0.668. The normalized spacial score (nSPS) is 23.7. The number of nitrogens with one attached hydrogen (secondary N) is 1. The van der Waals surface area contributed by atoms with Crippen molar-refractivity contribution in [1.29, 1.82) is 0 Å². The van der Waals surface area contributed by atoms with Gasteiger partial charge in [-0.25, -0.2) is 0 Å². The van der Waals surface area contributed by atoms with E-state index in [9.17, 15) is 0 Å². The van der Waals surface area contributed by atoms with Crippen molar-refractivity contribution in [2.75, 3.05) is 7.11 Å². The molecule has 1 aliphatic rings. The highest BCUT2D eigenvalue weighted by Gasteiger charge is 2.30. The Kier molecular flexibility index (Phi) is 5.26. The lowest BCUT2D eigenvalue weighted by Gasteiger charge is -2.38. The van der Waals surface area contributed by atoms with Crippen LogP contribution in [0.2, 0.25) is 0 Å². The maximum absolute atomic E-state index is 5.20. The fourth-order valence-electron chi connectivity index (χ4n) is 2.90. The van der Waals surface area contributed by atoms with Crippen LogP contribution < -0.4 is 10.1 Å². The van der Waals surface area contributed by atoms with Gasteiger partial charge in [0.1, 0.15) is 5.75 Å². The summed E-state index contributed by atoms with van der Waals surface area (Å²) >= 11 is 0. The first-order chi connectivity index (χ1) is 9.22. The van der Waals surface area contributed by atoms with Gasteiger partial charge >= 0.3 is 0 Å². The van der Waals surface area contributed by atoms with Crippen molar-refractivity contribution in [3.63, 3.8) is 0 Å². The van der Waals surface area contributed by atoms with Gasteiger partial charge in [0.2, 0.25) is 0 Å². The summed E-state index contributed by atoms with van der Waals surface area (Å²) in [6, 6.07) is 9.95.